The van der Waals surface area contributed by atoms with Crippen LogP contribution in [-0.2, 0) is 16.0 Å². The molecule has 104 valence electrons. The zero-order valence-corrected chi connectivity index (χ0v) is 12.4. The van der Waals surface area contributed by atoms with Crippen molar-refractivity contribution < 1.29 is 14.7 Å². The molecule has 1 aromatic rings. The summed E-state index contributed by atoms with van der Waals surface area (Å²) < 4.78 is 0. The Hall–Kier alpha value is -1.26. The predicted molar refractivity (Wildman–Crippen MR) is 74.7 cm³/mol. The van der Waals surface area contributed by atoms with Crippen molar-refractivity contribution >= 4 is 35.1 Å². The molecule has 0 saturated carbocycles. The van der Waals surface area contributed by atoms with Gasteiger partial charge in [0, 0.05) is 7.05 Å². The molecule has 4 nitrogen and oxygen atoms in total. The highest BCUT2D eigenvalue weighted by Gasteiger charge is 2.34. The molecule has 6 heteroatoms. The first-order valence-corrected chi connectivity index (χ1v) is 6.36. The van der Waals surface area contributed by atoms with Crippen molar-refractivity contribution in [1.29, 1.82) is 0 Å². The van der Waals surface area contributed by atoms with E-state index in [2.05, 4.69) is 0 Å². The quantitative estimate of drug-likeness (QED) is 0.930. The number of carboxylic acids is 1. The minimum Gasteiger partial charge on any atom is -0.480 e. The van der Waals surface area contributed by atoms with Crippen LogP contribution in [-0.4, -0.2) is 34.5 Å². The fraction of sp³-hybridized carbons (Fsp3) is 0.385. The summed E-state index contributed by atoms with van der Waals surface area (Å²) in [4.78, 5) is 24.3. The lowest BCUT2D eigenvalue weighted by Gasteiger charge is -2.31. The minimum atomic E-state index is -1.26. The Labute approximate surface area is 121 Å². The molecule has 0 fully saturated rings. The van der Waals surface area contributed by atoms with E-state index in [0.29, 0.717) is 15.6 Å². The van der Waals surface area contributed by atoms with Crippen LogP contribution in [0.4, 0.5) is 0 Å². The van der Waals surface area contributed by atoms with Gasteiger partial charge in [0.25, 0.3) is 0 Å². The maximum absolute atomic E-state index is 12.0. The largest absolute Gasteiger partial charge is 0.480 e. The number of benzene rings is 1. The number of carboxylic acid groups (broad SMARTS) is 1. The van der Waals surface area contributed by atoms with E-state index >= 15 is 0 Å². The number of likely N-dealkylation sites (N-methyl/N-ethyl adjacent to an activating group) is 1. The number of halogens is 2. The summed E-state index contributed by atoms with van der Waals surface area (Å²) in [5.41, 5.74) is -0.569. The van der Waals surface area contributed by atoms with E-state index < -0.39 is 11.5 Å². The molecule has 19 heavy (non-hydrogen) atoms. The molecule has 0 aromatic heterocycles. The first-order chi connectivity index (χ1) is 8.66. The van der Waals surface area contributed by atoms with Crippen LogP contribution >= 0.6 is 23.2 Å². The number of aliphatic carboxylic acids is 1. The third kappa shape index (κ3) is 3.61. The molecule has 1 N–H and O–H groups in total. The lowest BCUT2D eigenvalue weighted by molar-refractivity contribution is -0.155. The summed E-state index contributed by atoms with van der Waals surface area (Å²) in [5, 5.41) is 9.86. The molecule has 0 aliphatic carbocycles. The molecule has 1 amide bonds. The standard InChI is InChI=1S/C13H15Cl2NO3/c1-13(2,12(18)19)16(3)11(17)7-8-4-5-9(14)10(15)6-8/h4-6H,7H2,1-3H3,(H,18,19). The van der Waals surface area contributed by atoms with Crippen LogP contribution < -0.4 is 0 Å². The zero-order chi connectivity index (χ0) is 14.8. The van der Waals surface area contributed by atoms with E-state index in [1.165, 1.54) is 25.8 Å². The van der Waals surface area contributed by atoms with Gasteiger partial charge in [-0.25, -0.2) is 4.79 Å². The molecule has 0 aliphatic heterocycles. The lowest BCUT2D eigenvalue weighted by atomic mass is 10.0. The molecule has 0 bridgehead atoms. The maximum atomic E-state index is 12.0. The molecule has 0 aliphatic rings. The average molecular weight is 304 g/mol. The number of amides is 1. The van der Waals surface area contributed by atoms with E-state index in [0.717, 1.165) is 0 Å². The van der Waals surface area contributed by atoms with Crippen molar-refractivity contribution in [3.63, 3.8) is 0 Å². The number of nitrogens with zero attached hydrogens (tertiary/aromatic N) is 1. The molecule has 0 heterocycles. The predicted octanol–water partition coefficient (Wildman–Crippen LogP) is 2.86. The van der Waals surface area contributed by atoms with Gasteiger partial charge in [0.05, 0.1) is 16.5 Å². The van der Waals surface area contributed by atoms with Crippen molar-refractivity contribution in [2.75, 3.05) is 7.05 Å². The highest BCUT2D eigenvalue weighted by atomic mass is 35.5. The second kappa shape index (κ2) is 5.80. The molecule has 0 saturated heterocycles. The van der Waals surface area contributed by atoms with E-state index in [4.69, 9.17) is 28.3 Å². The van der Waals surface area contributed by atoms with Gasteiger partial charge < -0.3 is 10.0 Å². The zero-order valence-electron chi connectivity index (χ0n) is 10.9. The molecule has 0 unspecified atom stereocenters. The monoisotopic (exact) mass is 303 g/mol. The molecular weight excluding hydrogens is 289 g/mol. The highest BCUT2D eigenvalue weighted by Crippen LogP contribution is 2.23. The van der Waals surface area contributed by atoms with Gasteiger partial charge in [-0.2, -0.15) is 0 Å². The Morgan fingerprint density at radius 3 is 2.32 bits per heavy atom. The van der Waals surface area contributed by atoms with E-state index in [-0.39, 0.29) is 12.3 Å². The van der Waals surface area contributed by atoms with Crippen molar-refractivity contribution in [2.24, 2.45) is 0 Å². The van der Waals surface area contributed by atoms with Crippen molar-refractivity contribution in [2.45, 2.75) is 25.8 Å². The van der Waals surface area contributed by atoms with E-state index in [1.54, 1.807) is 18.2 Å². The third-order valence-corrected chi connectivity index (χ3v) is 3.81. The van der Waals surface area contributed by atoms with Crippen LogP contribution in [0.1, 0.15) is 19.4 Å². The third-order valence-electron chi connectivity index (χ3n) is 3.08. The van der Waals surface area contributed by atoms with Crippen molar-refractivity contribution in [3.8, 4) is 0 Å². The van der Waals surface area contributed by atoms with Crippen LogP contribution in [0.2, 0.25) is 10.0 Å². The highest BCUT2D eigenvalue weighted by molar-refractivity contribution is 6.42. The summed E-state index contributed by atoms with van der Waals surface area (Å²) in [6.07, 6.45) is 0.0735. The average Bonchev–Trinajstić information content (AvgIpc) is 2.32. The Balaban J connectivity index is 2.85. The second-order valence-electron chi connectivity index (χ2n) is 4.74. The van der Waals surface area contributed by atoms with Crippen LogP contribution in [0.3, 0.4) is 0 Å². The number of hydrogen-bond acceptors (Lipinski definition) is 2. The van der Waals surface area contributed by atoms with Gasteiger partial charge in [0.15, 0.2) is 0 Å². The molecular formula is C13H15Cl2NO3. The number of rotatable bonds is 4. The van der Waals surface area contributed by atoms with Crippen molar-refractivity contribution in [3.05, 3.63) is 33.8 Å². The van der Waals surface area contributed by atoms with Gasteiger partial charge in [0.1, 0.15) is 5.54 Å². The molecule has 1 aromatic carbocycles. The summed E-state index contributed by atoms with van der Waals surface area (Å²) in [5.74, 6) is -1.36. The lowest BCUT2D eigenvalue weighted by Crippen LogP contribution is -2.51. The summed E-state index contributed by atoms with van der Waals surface area (Å²) in [6, 6.07) is 4.89. The Kier molecular flexibility index (Phi) is 4.82. The first-order valence-electron chi connectivity index (χ1n) is 5.60. The van der Waals surface area contributed by atoms with Gasteiger partial charge in [-0.3, -0.25) is 4.79 Å². The fourth-order valence-corrected chi connectivity index (χ4v) is 1.72. The van der Waals surface area contributed by atoms with Gasteiger partial charge >= 0.3 is 5.97 Å². The smallest absolute Gasteiger partial charge is 0.329 e. The summed E-state index contributed by atoms with van der Waals surface area (Å²) in [6.45, 7) is 2.95. The first kappa shape index (κ1) is 15.8. The van der Waals surface area contributed by atoms with Gasteiger partial charge in [-0.15, -0.1) is 0 Å². The van der Waals surface area contributed by atoms with Gasteiger partial charge in [-0.05, 0) is 31.5 Å². The molecule has 0 spiro atoms. The number of carbonyl (C=O) groups excluding carboxylic acids is 1. The number of carbonyl (C=O) groups is 2. The Morgan fingerprint density at radius 1 is 1.26 bits per heavy atom. The summed E-state index contributed by atoms with van der Waals surface area (Å²) >= 11 is 11.7. The SMILES string of the molecule is CN(C(=O)Cc1ccc(Cl)c(Cl)c1)C(C)(C)C(=O)O. The Bertz CT molecular complexity index is 515. The van der Waals surface area contributed by atoms with Crippen LogP contribution in [0.25, 0.3) is 0 Å². The maximum Gasteiger partial charge on any atom is 0.329 e. The van der Waals surface area contributed by atoms with Crippen molar-refractivity contribution in [1.82, 2.24) is 4.90 Å². The van der Waals surface area contributed by atoms with E-state index in [1.807, 2.05) is 0 Å². The number of hydrogen-bond donors (Lipinski definition) is 1. The molecule has 0 radical (unpaired) electrons. The van der Waals surface area contributed by atoms with Crippen LogP contribution in [0, 0.1) is 0 Å². The van der Waals surface area contributed by atoms with Gasteiger partial charge in [0.2, 0.25) is 5.91 Å². The van der Waals surface area contributed by atoms with Crippen LogP contribution in [0.15, 0.2) is 18.2 Å². The fourth-order valence-electron chi connectivity index (χ4n) is 1.40. The second-order valence-corrected chi connectivity index (χ2v) is 5.56. The molecule has 1 rings (SSSR count). The van der Waals surface area contributed by atoms with Gasteiger partial charge in [-0.1, -0.05) is 29.3 Å². The van der Waals surface area contributed by atoms with E-state index in [9.17, 15) is 9.59 Å². The topological polar surface area (TPSA) is 57.6 Å². The summed E-state index contributed by atoms with van der Waals surface area (Å²) in [7, 11) is 1.47. The molecule has 0 atom stereocenters. The van der Waals surface area contributed by atoms with Crippen LogP contribution in [0.5, 0.6) is 0 Å². The Morgan fingerprint density at radius 2 is 1.84 bits per heavy atom. The normalized spacial score (nSPS) is 11.2. The minimum absolute atomic E-state index is 0.0735.